The number of rotatable bonds is 4. The Hall–Kier alpha value is -1.39. The van der Waals surface area contributed by atoms with Crippen molar-refractivity contribution in [2.75, 3.05) is 6.61 Å². The van der Waals surface area contributed by atoms with E-state index in [1.807, 2.05) is 70.0 Å². The van der Waals surface area contributed by atoms with Crippen LogP contribution in [0.1, 0.15) is 52.7 Å². The minimum atomic E-state index is -0.759. The molecule has 2 unspecified atom stereocenters. The Morgan fingerprint density at radius 1 is 1.29 bits per heavy atom. The Bertz CT molecular complexity index is 500. The lowest BCUT2D eigenvalue weighted by Crippen LogP contribution is -2.66. The molecule has 2 atom stereocenters. The molecule has 4 heteroatoms. The average Bonchev–Trinajstić information content (AvgIpc) is 2.48. The van der Waals surface area contributed by atoms with Crippen LogP contribution in [-0.2, 0) is 14.4 Å². The highest BCUT2D eigenvalue weighted by atomic mass is 16.7. The van der Waals surface area contributed by atoms with E-state index < -0.39 is 5.54 Å². The van der Waals surface area contributed by atoms with Crippen LogP contribution in [-0.4, -0.2) is 28.7 Å². The van der Waals surface area contributed by atoms with Gasteiger partial charge in [0.15, 0.2) is 0 Å². The molecule has 0 bridgehead atoms. The smallest absolute Gasteiger partial charge is 0.328 e. The SMILES string of the molecule is CCC1(C)C(=O)OCC(C)(C)N1OC(C)c1ccccc1. The maximum Gasteiger partial charge on any atom is 0.328 e. The van der Waals surface area contributed by atoms with Gasteiger partial charge in [-0.1, -0.05) is 37.3 Å². The molecule has 1 aromatic rings. The van der Waals surface area contributed by atoms with E-state index in [-0.39, 0.29) is 17.6 Å². The zero-order chi connectivity index (χ0) is 15.7. The van der Waals surface area contributed by atoms with E-state index in [1.54, 1.807) is 0 Å². The van der Waals surface area contributed by atoms with Gasteiger partial charge in [0.25, 0.3) is 0 Å². The third-order valence-electron chi connectivity index (χ3n) is 4.22. The number of cyclic esters (lactones) is 1. The first-order valence-corrected chi connectivity index (χ1v) is 7.50. The molecule has 1 fully saturated rings. The van der Waals surface area contributed by atoms with Crippen LogP contribution in [0.3, 0.4) is 0 Å². The molecule has 1 aliphatic heterocycles. The van der Waals surface area contributed by atoms with E-state index in [0.29, 0.717) is 13.0 Å². The summed E-state index contributed by atoms with van der Waals surface area (Å²) >= 11 is 0. The van der Waals surface area contributed by atoms with Crippen molar-refractivity contribution in [2.45, 2.75) is 58.2 Å². The highest BCUT2D eigenvalue weighted by molar-refractivity contribution is 5.81. The van der Waals surface area contributed by atoms with Gasteiger partial charge in [-0.25, -0.2) is 4.79 Å². The Morgan fingerprint density at radius 3 is 2.48 bits per heavy atom. The minimum absolute atomic E-state index is 0.123. The molecule has 0 saturated carbocycles. The lowest BCUT2D eigenvalue weighted by molar-refractivity contribution is -0.316. The average molecular weight is 291 g/mol. The third-order valence-corrected chi connectivity index (χ3v) is 4.22. The van der Waals surface area contributed by atoms with Crippen molar-refractivity contribution < 1.29 is 14.4 Å². The van der Waals surface area contributed by atoms with Gasteiger partial charge >= 0.3 is 5.97 Å². The summed E-state index contributed by atoms with van der Waals surface area (Å²) in [6, 6.07) is 10.0. The van der Waals surface area contributed by atoms with E-state index in [1.165, 1.54) is 0 Å². The van der Waals surface area contributed by atoms with Crippen molar-refractivity contribution in [1.82, 2.24) is 5.06 Å². The van der Waals surface area contributed by atoms with Gasteiger partial charge in [0.05, 0.1) is 5.54 Å². The van der Waals surface area contributed by atoms with Crippen LogP contribution in [0.4, 0.5) is 0 Å². The topological polar surface area (TPSA) is 38.8 Å². The molecule has 4 nitrogen and oxygen atoms in total. The summed E-state index contributed by atoms with van der Waals surface area (Å²) in [5.41, 5.74) is -0.0299. The molecule has 21 heavy (non-hydrogen) atoms. The Kier molecular flexibility index (Phi) is 4.40. The summed E-state index contributed by atoms with van der Waals surface area (Å²) in [5.74, 6) is -0.218. The number of esters is 1. The van der Waals surface area contributed by atoms with Crippen LogP contribution in [0.25, 0.3) is 0 Å². The highest BCUT2D eigenvalue weighted by Gasteiger charge is 2.52. The molecule has 1 aliphatic rings. The maximum atomic E-state index is 12.2. The number of nitrogens with zero attached hydrogens (tertiary/aromatic N) is 1. The highest BCUT2D eigenvalue weighted by Crippen LogP contribution is 2.37. The molecule has 0 radical (unpaired) electrons. The van der Waals surface area contributed by atoms with Gasteiger partial charge in [-0.15, -0.1) is 0 Å². The number of hydroxylamine groups is 2. The molecular weight excluding hydrogens is 266 g/mol. The number of hydrogen-bond donors (Lipinski definition) is 0. The van der Waals surface area contributed by atoms with Gasteiger partial charge in [-0.3, -0.25) is 4.84 Å². The van der Waals surface area contributed by atoms with Crippen molar-refractivity contribution in [3.63, 3.8) is 0 Å². The summed E-state index contributed by atoms with van der Waals surface area (Å²) in [6.07, 6.45) is 0.513. The van der Waals surface area contributed by atoms with Gasteiger partial charge < -0.3 is 4.74 Å². The van der Waals surface area contributed by atoms with Gasteiger partial charge in [-0.05, 0) is 39.7 Å². The zero-order valence-corrected chi connectivity index (χ0v) is 13.6. The van der Waals surface area contributed by atoms with E-state index >= 15 is 0 Å². The van der Waals surface area contributed by atoms with Crippen molar-refractivity contribution in [3.8, 4) is 0 Å². The monoisotopic (exact) mass is 291 g/mol. The fraction of sp³-hybridized carbons (Fsp3) is 0.588. The molecule has 1 aromatic carbocycles. The number of morpholine rings is 1. The molecule has 0 N–H and O–H groups in total. The van der Waals surface area contributed by atoms with Crippen molar-refractivity contribution in [1.29, 1.82) is 0 Å². The Balaban J connectivity index is 2.27. The van der Waals surface area contributed by atoms with Crippen molar-refractivity contribution >= 4 is 5.97 Å². The number of carbonyl (C=O) groups is 1. The third kappa shape index (κ3) is 2.97. The summed E-state index contributed by atoms with van der Waals surface area (Å²) in [6.45, 7) is 10.3. The van der Waals surface area contributed by atoms with Gasteiger partial charge in [-0.2, -0.15) is 5.06 Å². The quantitative estimate of drug-likeness (QED) is 0.796. The summed E-state index contributed by atoms with van der Waals surface area (Å²) in [7, 11) is 0. The molecule has 0 spiro atoms. The first-order valence-electron chi connectivity index (χ1n) is 7.50. The number of carbonyl (C=O) groups excluding carboxylic acids is 1. The minimum Gasteiger partial charge on any atom is -0.462 e. The van der Waals surface area contributed by atoms with Crippen LogP contribution < -0.4 is 0 Å². The van der Waals surface area contributed by atoms with Crippen LogP contribution in [0.2, 0.25) is 0 Å². The molecule has 1 saturated heterocycles. The molecular formula is C17H25NO3. The van der Waals surface area contributed by atoms with Gasteiger partial charge in [0.2, 0.25) is 0 Å². The summed E-state index contributed by atoms with van der Waals surface area (Å²) < 4.78 is 5.36. The van der Waals surface area contributed by atoms with Crippen molar-refractivity contribution in [2.24, 2.45) is 0 Å². The van der Waals surface area contributed by atoms with E-state index in [9.17, 15) is 4.79 Å². The van der Waals surface area contributed by atoms with E-state index in [2.05, 4.69) is 0 Å². The maximum absolute atomic E-state index is 12.2. The predicted octanol–water partition coefficient (Wildman–Crippen LogP) is 3.49. The molecule has 1 heterocycles. The fourth-order valence-electron chi connectivity index (χ4n) is 2.70. The number of benzene rings is 1. The molecule has 0 aromatic heterocycles. The standard InChI is InChI=1S/C17H25NO3/c1-6-17(5)15(19)20-12-16(3,4)18(17)21-13(2)14-10-8-7-9-11-14/h7-11,13H,6,12H2,1-5H3. The molecule has 0 amide bonds. The van der Waals surface area contributed by atoms with E-state index in [4.69, 9.17) is 9.57 Å². The lowest BCUT2D eigenvalue weighted by atomic mass is 9.90. The fourth-order valence-corrected chi connectivity index (χ4v) is 2.70. The molecule has 2 rings (SSSR count). The van der Waals surface area contributed by atoms with Crippen LogP contribution in [0, 0.1) is 0 Å². The lowest BCUT2D eigenvalue weighted by Gasteiger charge is -2.51. The summed E-state index contributed by atoms with van der Waals surface area (Å²) in [4.78, 5) is 18.4. The number of ether oxygens (including phenoxy) is 1. The van der Waals surface area contributed by atoms with Crippen molar-refractivity contribution in [3.05, 3.63) is 35.9 Å². The van der Waals surface area contributed by atoms with Crippen LogP contribution in [0.15, 0.2) is 30.3 Å². The number of hydrogen-bond acceptors (Lipinski definition) is 4. The van der Waals surface area contributed by atoms with Gasteiger partial charge in [0, 0.05) is 0 Å². The second-order valence-corrected chi connectivity index (χ2v) is 6.47. The predicted molar refractivity (Wildman–Crippen MR) is 81.5 cm³/mol. The van der Waals surface area contributed by atoms with Crippen LogP contribution >= 0.6 is 0 Å². The van der Waals surface area contributed by atoms with Crippen LogP contribution in [0.5, 0.6) is 0 Å². The first-order chi connectivity index (χ1) is 9.81. The second kappa shape index (κ2) is 5.78. The van der Waals surface area contributed by atoms with E-state index in [0.717, 1.165) is 5.56 Å². The summed E-state index contributed by atoms with van der Waals surface area (Å²) in [5, 5.41) is 1.84. The Morgan fingerprint density at radius 2 is 1.90 bits per heavy atom. The molecule has 116 valence electrons. The largest absolute Gasteiger partial charge is 0.462 e. The molecule has 0 aliphatic carbocycles. The zero-order valence-electron chi connectivity index (χ0n) is 13.6. The Labute approximate surface area is 127 Å². The normalized spacial score (nSPS) is 27.2. The second-order valence-electron chi connectivity index (χ2n) is 6.47. The van der Waals surface area contributed by atoms with Gasteiger partial charge in [0.1, 0.15) is 18.2 Å². The first kappa shape index (κ1) is 16.0.